The first-order valence-electron chi connectivity index (χ1n) is 6.85. The molecule has 21 heavy (non-hydrogen) atoms. The number of nitrogens with zero attached hydrogens (tertiary/aromatic N) is 2. The summed E-state index contributed by atoms with van der Waals surface area (Å²) in [5.74, 6) is 1.19. The summed E-state index contributed by atoms with van der Waals surface area (Å²) in [6.45, 7) is 2.82. The highest BCUT2D eigenvalue weighted by Crippen LogP contribution is 2.16. The van der Waals surface area contributed by atoms with Gasteiger partial charge in [0.15, 0.2) is 5.82 Å². The number of carbonyl (C=O) groups is 1. The fourth-order valence-electron chi connectivity index (χ4n) is 1.61. The summed E-state index contributed by atoms with van der Waals surface area (Å²) in [6.07, 6.45) is 6.66. The van der Waals surface area contributed by atoms with Crippen molar-refractivity contribution in [1.82, 2.24) is 9.97 Å². The van der Waals surface area contributed by atoms with Crippen molar-refractivity contribution in [3.8, 4) is 5.75 Å². The smallest absolute Gasteiger partial charge is 0.324 e. The first kappa shape index (κ1) is 14.8. The minimum Gasteiger partial charge on any atom is -0.494 e. The third kappa shape index (κ3) is 5.10. The molecule has 0 saturated carbocycles. The molecule has 0 aliphatic rings. The molecule has 0 fully saturated rings. The molecule has 0 unspecified atom stereocenters. The summed E-state index contributed by atoms with van der Waals surface area (Å²) in [6, 6.07) is 6.87. The molecule has 6 heteroatoms. The van der Waals surface area contributed by atoms with Crippen LogP contribution in [0.3, 0.4) is 0 Å². The molecule has 0 bridgehead atoms. The van der Waals surface area contributed by atoms with Crippen LogP contribution in [0.25, 0.3) is 0 Å². The predicted octanol–water partition coefficient (Wildman–Crippen LogP) is 3.30. The third-order valence-corrected chi connectivity index (χ3v) is 2.68. The minimum atomic E-state index is -0.366. The number of carbonyl (C=O) groups excluding carboxylic acids is 1. The summed E-state index contributed by atoms with van der Waals surface area (Å²) in [4.78, 5) is 19.6. The summed E-state index contributed by atoms with van der Waals surface area (Å²) in [7, 11) is 0. The van der Waals surface area contributed by atoms with Gasteiger partial charge in [0, 0.05) is 18.1 Å². The molecule has 2 amide bonds. The van der Waals surface area contributed by atoms with Gasteiger partial charge >= 0.3 is 6.03 Å². The van der Waals surface area contributed by atoms with Gasteiger partial charge in [-0.15, -0.1) is 0 Å². The van der Waals surface area contributed by atoms with E-state index in [0.29, 0.717) is 18.1 Å². The highest BCUT2D eigenvalue weighted by atomic mass is 16.5. The molecule has 2 rings (SSSR count). The number of rotatable bonds is 6. The van der Waals surface area contributed by atoms with Crippen LogP contribution in [0.1, 0.15) is 19.8 Å². The molecule has 0 aliphatic heterocycles. The lowest BCUT2D eigenvalue weighted by Gasteiger charge is -2.08. The van der Waals surface area contributed by atoms with E-state index in [-0.39, 0.29) is 6.03 Å². The second kappa shape index (κ2) is 7.84. The number of ether oxygens (including phenoxy) is 1. The van der Waals surface area contributed by atoms with E-state index in [4.69, 9.17) is 4.74 Å². The zero-order chi connectivity index (χ0) is 14.9. The van der Waals surface area contributed by atoms with Gasteiger partial charge in [-0.1, -0.05) is 13.3 Å². The number of benzene rings is 1. The summed E-state index contributed by atoms with van der Waals surface area (Å²) in [5, 5.41) is 5.30. The summed E-state index contributed by atoms with van der Waals surface area (Å²) < 4.78 is 5.56. The quantitative estimate of drug-likeness (QED) is 0.799. The number of unbranched alkanes of at least 4 members (excludes halogenated alkanes) is 1. The Morgan fingerprint density at radius 1 is 1.19 bits per heavy atom. The van der Waals surface area contributed by atoms with E-state index in [9.17, 15) is 4.79 Å². The zero-order valence-corrected chi connectivity index (χ0v) is 11.9. The number of aromatic nitrogens is 2. The van der Waals surface area contributed by atoms with Crippen molar-refractivity contribution in [1.29, 1.82) is 0 Å². The SMILES string of the molecule is CCCCOc1ccc(NC(=O)Nc2cnccn2)cc1. The van der Waals surface area contributed by atoms with E-state index in [1.165, 1.54) is 12.4 Å². The summed E-state index contributed by atoms with van der Waals surface area (Å²) in [5.41, 5.74) is 0.680. The third-order valence-electron chi connectivity index (χ3n) is 2.68. The second-order valence-electron chi connectivity index (χ2n) is 4.40. The van der Waals surface area contributed by atoms with Crippen LogP contribution in [0.2, 0.25) is 0 Å². The standard InChI is InChI=1S/C15H18N4O2/c1-2-3-10-21-13-6-4-12(5-7-13)18-15(20)19-14-11-16-8-9-17-14/h4-9,11H,2-3,10H2,1H3,(H2,17,18,19,20). The molecule has 1 aromatic carbocycles. The van der Waals surface area contributed by atoms with E-state index < -0.39 is 0 Å². The molecule has 6 nitrogen and oxygen atoms in total. The number of hydrogen-bond acceptors (Lipinski definition) is 4. The number of urea groups is 1. The Hall–Kier alpha value is -2.63. The number of hydrogen-bond donors (Lipinski definition) is 2. The Labute approximate surface area is 123 Å². The average molecular weight is 286 g/mol. The second-order valence-corrected chi connectivity index (χ2v) is 4.40. The number of nitrogens with one attached hydrogen (secondary N) is 2. The molecular formula is C15H18N4O2. The van der Waals surface area contributed by atoms with Crippen LogP contribution in [0.4, 0.5) is 16.3 Å². The molecule has 0 atom stereocenters. The van der Waals surface area contributed by atoms with Gasteiger partial charge in [0.2, 0.25) is 0 Å². The van der Waals surface area contributed by atoms with Crippen LogP contribution in [0.5, 0.6) is 5.75 Å². The molecule has 2 N–H and O–H groups in total. The maximum atomic E-state index is 11.8. The van der Waals surface area contributed by atoms with Crippen LogP contribution >= 0.6 is 0 Å². The van der Waals surface area contributed by atoms with Crippen molar-refractivity contribution in [2.45, 2.75) is 19.8 Å². The van der Waals surface area contributed by atoms with Crippen LogP contribution < -0.4 is 15.4 Å². The normalized spacial score (nSPS) is 9.95. The molecule has 0 saturated heterocycles. The Bertz CT molecular complexity index is 558. The van der Waals surface area contributed by atoms with Gasteiger partial charge in [-0.2, -0.15) is 0 Å². The Kier molecular flexibility index (Phi) is 5.51. The Morgan fingerprint density at radius 3 is 2.67 bits per heavy atom. The predicted molar refractivity (Wildman–Crippen MR) is 81.5 cm³/mol. The van der Waals surface area contributed by atoms with E-state index in [1.807, 2.05) is 12.1 Å². The number of anilines is 2. The maximum absolute atomic E-state index is 11.8. The first-order valence-corrected chi connectivity index (χ1v) is 6.85. The van der Waals surface area contributed by atoms with Crippen molar-refractivity contribution in [2.75, 3.05) is 17.2 Å². The van der Waals surface area contributed by atoms with Gasteiger partial charge in [-0.25, -0.2) is 9.78 Å². The number of amides is 2. The van der Waals surface area contributed by atoms with Gasteiger partial charge in [-0.3, -0.25) is 10.3 Å². The van der Waals surface area contributed by atoms with Crippen molar-refractivity contribution in [2.24, 2.45) is 0 Å². The van der Waals surface area contributed by atoms with E-state index >= 15 is 0 Å². The summed E-state index contributed by atoms with van der Waals surface area (Å²) >= 11 is 0. The molecule has 1 aromatic heterocycles. The average Bonchev–Trinajstić information content (AvgIpc) is 2.50. The van der Waals surface area contributed by atoms with Crippen LogP contribution in [-0.2, 0) is 0 Å². The van der Waals surface area contributed by atoms with Crippen molar-refractivity contribution in [3.63, 3.8) is 0 Å². The molecule has 1 heterocycles. The Balaban J connectivity index is 1.83. The van der Waals surface area contributed by atoms with Gasteiger partial charge < -0.3 is 10.1 Å². The van der Waals surface area contributed by atoms with Crippen LogP contribution in [0, 0.1) is 0 Å². The maximum Gasteiger partial charge on any atom is 0.324 e. The first-order chi connectivity index (χ1) is 10.3. The van der Waals surface area contributed by atoms with E-state index in [2.05, 4.69) is 27.5 Å². The topological polar surface area (TPSA) is 76.1 Å². The van der Waals surface area contributed by atoms with Crippen LogP contribution in [-0.4, -0.2) is 22.6 Å². The van der Waals surface area contributed by atoms with Crippen molar-refractivity contribution >= 4 is 17.5 Å². The lowest BCUT2D eigenvalue weighted by molar-refractivity contribution is 0.262. The highest BCUT2D eigenvalue weighted by Gasteiger charge is 2.03. The van der Waals surface area contributed by atoms with Crippen LogP contribution in [0.15, 0.2) is 42.9 Å². The fourth-order valence-corrected chi connectivity index (χ4v) is 1.61. The molecular weight excluding hydrogens is 268 g/mol. The van der Waals surface area contributed by atoms with Gasteiger partial charge in [0.05, 0.1) is 12.8 Å². The molecule has 0 radical (unpaired) electrons. The largest absolute Gasteiger partial charge is 0.494 e. The highest BCUT2D eigenvalue weighted by molar-refractivity contribution is 5.99. The molecule has 2 aromatic rings. The fraction of sp³-hybridized carbons (Fsp3) is 0.267. The van der Waals surface area contributed by atoms with Crippen molar-refractivity contribution < 1.29 is 9.53 Å². The zero-order valence-electron chi connectivity index (χ0n) is 11.9. The molecule has 0 aliphatic carbocycles. The van der Waals surface area contributed by atoms with Gasteiger partial charge in [-0.05, 0) is 30.7 Å². The van der Waals surface area contributed by atoms with E-state index in [1.54, 1.807) is 18.3 Å². The lowest BCUT2D eigenvalue weighted by Crippen LogP contribution is -2.20. The van der Waals surface area contributed by atoms with Gasteiger partial charge in [0.25, 0.3) is 0 Å². The molecule has 0 spiro atoms. The lowest BCUT2D eigenvalue weighted by atomic mass is 10.3. The van der Waals surface area contributed by atoms with Gasteiger partial charge in [0.1, 0.15) is 5.75 Å². The van der Waals surface area contributed by atoms with Crippen molar-refractivity contribution in [3.05, 3.63) is 42.9 Å². The minimum absolute atomic E-state index is 0.366. The van der Waals surface area contributed by atoms with E-state index in [0.717, 1.165) is 18.6 Å². The molecule has 110 valence electrons. The monoisotopic (exact) mass is 286 g/mol. The Morgan fingerprint density at radius 2 is 2.00 bits per heavy atom.